The quantitative estimate of drug-likeness (QED) is 0.689. The van der Waals surface area contributed by atoms with E-state index in [2.05, 4.69) is 10.3 Å². The molecular weight excluding hydrogens is 348 g/mol. The second kappa shape index (κ2) is 9.34. The molecular formula is C20H26N2O5. The second-order valence-corrected chi connectivity index (χ2v) is 7.10. The van der Waals surface area contributed by atoms with Crippen molar-refractivity contribution in [1.29, 1.82) is 0 Å². The van der Waals surface area contributed by atoms with Crippen molar-refractivity contribution in [2.45, 2.75) is 45.4 Å². The van der Waals surface area contributed by atoms with E-state index in [0.717, 1.165) is 5.56 Å². The number of nitrogens with one attached hydrogen (secondary N) is 1. The minimum atomic E-state index is -0.595. The molecule has 1 aromatic carbocycles. The number of nitrogens with zero attached hydrogens (tertiary/aromatic N) is 1. The third-order valence-corrected chi connectivity index (χ3v) is 3.58. The standard InChI is InChI=1S/C20H26N2O5/c1-20(2,3)27-19(25)22-16(13-24)11-14-6-8-17(9-7-14)26-18-15(12-23)5-4-10-21-18/h4-10,16,23-24H,11-13H2,1-3H3,(H,22,25)/t16-/m0/s1. The number of carbonyl (C=O) groups is 1. The maximum atomic E-state index is 11.8. The van der Waals surface area contributed by atoms with Gasteiger partial charge < -0.3 is 25.0 Å². The molecule has 7 heteroatoms. The van der Waals surface area contributed by atoms with Gasteiger partial charge in [0.05, 0.1) is 19.3 Å². The number of hydrogen-bond acceptors (Lipinski definition) is 6. The number of alkyl carbamates (subject to hydrolysis) is 1. The Morgan fingerprint density at radius 1 is 1.19 bits per heavy atom. The van der Waals surface area contributed by atoms with E-state index in [1.807, 2.05) is 12.1 Å². The Kier molecular flexibility index (Phi) is 7.15. The van der Waals surface area contributed by atoms with Gasteiger partial charge in [0.15, 0.2) is 0 Å². The highest BCUT2D eigenvalue weighted by molar-refractivity contribution is 5.68. The first-order valence-corrected chi connectivity index (χ1v) is 8.72. The van der Waals surface area contributed by atoms with Gasteiger partial charge in [0.25, 0.3) is 0 Å². The van der Waals surface area contributed by atoms with E-state index in [4.69, 9.17) is 9.47 Å². The van der Waals surface area contributed by atoms with E-state index in [0.29, 0.717) is 23.6 Å². The number of benzene rings is 1. The maximum absolute atomic E-state index is 11.8. The molecule has 1 amide bonds. The third kappa shape index (κ3) is 6.88. The highest BCUT2D eigenvalue weighted by Crippen LogP contribution is 2.23. The van der Waals surface area contributed by atoms with Crippen LogP contribution in [0, 0.1) is 0 Å². The van der Waals surface area contributed by atoms with Gasteiger partial charge in [0.1, 0.15) is 11.4 Å². The zero-order chi connectivity index (χ0) is 19.9. The van der Waals surface area contributed by atoms with Crippen molar-refractivity contribution in [2.24, 2.45) is 0 Å². The number of hydrogen-bond donors (Lipinski definition) is 3. The van der Waals surface area contributed by atoms with Crippen LogP contribution >= 0.6 is 0 Å². The fraction of sp³-hybridized carbons (Fsp3) is 0.400. The molecule has 1 heterocycles. The van der Waals surface area contributed by atoms with Gasteiger partial charge in [-0.2, -0.15) is 0 Å². The molecule has 0 aliphatic heterocycles. The molecule has 0 aliphatic rings. The molecule has 3 N–H and O–H groups in total. The fourth-order valence-electron chi connectivity index (χ4n) is 2.36. The SMILES string of the molecule is CC(C)(C)OC(=O)N[C@H](CO)Cc1ccc(Oc2ncccc2CO)cc1. The van der Waals surface area contributed by atoms with E-state index in [9.17, 15) is 15.0 Å². The smallest absolute Gasteiger partial charge is 0.407 e. The Balaban J connectivity index is 1.96. The average molecular weight is 374 g/mol. The summed E-state index contributed by atoms with van der Waals surface area (Å²) in [4.78, 5) is 16.0. The lowest BCUT2D eigenvalue weighted by molar-refractivity contribution is 0.0483. The van der Waals surface area contributed by atoms with Crippen LogP contribution in [0.2, 0.25) is 0 Å². The van der Waals surface area contributed by atoms with Crippen LogP contribution in [0.3, 0.4) is 0 Å². The van der Waals surface area contributed by atoms with Crippen molar-refractivity contribution in [1.82, 2.24) is 10.3 Å². The number of aromatic nitrogens is 1. The highest BCUT2D eigenvalue weighted by Gasteiger charge is 2.19. The number of pyridine rings is 1. The molecule has 27 heavy (non-hydrogen) atoms. The van der Waals surface area contributed by atoms with Crippen molar-refractivity contribution in [3.8, 4) is 11.6 Å². The zero-order valence-electron chi connectivity index (χ0n) is 15.8. The van der Waals surface area contributed by atoms with Crippen LogP contribution < -0.4 is 10.1 Å². The molecule has 146 valence electrons. The Labute approximate surface area is 159 Å². The van der Waals surface area contributed by atoms with E-state index < -0.39 is 17.7 Å². The van der Waals surface area contributed by atoms with Gasteiger partial charge in [-0.05, 0) is 57.0 Å². The van der Waals surface area contributed by atoms with Crippen molar-refractivity contribution >= 4 is 6.09 Å². The summed E-state index contributed by atoms with van der Waals surface area (Å²) in [6.07, 6.45) is 1.48. The summed E-state index contributed by atoms with van der Waals surface area (Å²) >= 11 is 0. The topological polar surface area (TPSA) is 101 Å². The van der Waals surface area contributed by atoms with Gasteiger partial charge in [-0.1, -0.05) is 12.1 Å². The number of amides is 1. The lowest BCUT2D eigenvalue weighted by Gasteiger charge is -2.22. The normalized spacial score (nSPS) is 12.3. The summed E-state index contributed by atoms with van der Waals surface area (Å²) in [5, 5.41) is 21.5. The Morgan fingerprint density at radius 3 is 2.48 bits per heavy atom. The first-order chi connectivity index (χ1) is 12.8. The van der Waals surface area contributed by atoms with Crippen molar-refractivity contribution in [2.75, 3.05) is 6.61 Å². The largest absolute Gasteiger partial charge is 0.444 e. The van der Waals surface area contributed by atoms with E-state index >= 15 is 0 Å². The Bertz CT molecular complexity index is 741. The van der Waals surface area contributed by atoms with Crippen LogP contribution in [-0.2, 0) is 17.8 Å². The minimum absolute atomic E-state index is 0.157. The van der Waals surface area contributed by atoms with E-state index in [1.54, 1.807) is 51.2 Å². The van der Waals surface area contributed by atoms with Crippen molar-refractivity contribution in [3.63, 3.8) is 0 Å². The molecule has 1 aromatic heterocycles. The molecule has 0 fully saturated rings. The molecule has 2 aromatic rings. The van der Waals surface area contributed by atoms with E-state index in [1.165, 1.54) is 0 Å². The van der Waals surface area contributed by atoms with Gasteiger partial charge in [-0.3, -0.25) is 0 Å². The first-order valence-electron chi connectivity index (χ1n) is 8.72. The van der Waals surface area contributed by atoms with Crippen LogP contribution in [0.5, 0.6) is 11.6 Å². The molecule has 1 atom stereocenters. The summed E-state index contributed by atoms with van der Waals surface area (Å²) in [5.74, 6) is 0.931. The monoisotopic (exact) mass is 374 g/mol. The number of ether oxygens (including phenoxy) is 2. The second-order valence-electron chi connectivity index (χ2n) is 7.10. The van der Waals surface area contributed by atoms with Gasteiger partial charge in [-0.25, -0.2) is 9.78 Å². The third-order valence-electron chi connectivity index (χ3n) is 3.58. The summed E-state index contributed by atoms with van der Waals surface area (Å²) in [7, 11) is 0. The van der Waals surface area contributed by atoms with Crippen LogP contribution in [0.4, 0.5) is 4.79 Å². The van der Waals surface area contributed by atoms with Crippen LogP contribution in [-0.4, -0.2) is 39.5 Å². The van der Waals surface area contributed by atoms with Crippen LogP contribution in [0.1, 0.15) is 31.9 Å². The number of aliphatic hydroxyl groups is 2. The number of carbonyl (C=O) groups excluding carboxylic acids is 1. The maximum Gasteiger partial charge on any atom is 0.407 e. The molecule has 0 radical (unpaired) electrons. The number of aliphatic hydroxyl groups excluding tert-OH is 2. The zero-order valence-corrected chi connectivity index (χ0v) is 15.8. The summed E-state index contributed by atoms with van der Waals surface area (Å²) in [6.45, 7) is 4.98. The summed E-state index contributed by atoms with van der Waals surface area (Å²) in [6, 6.07) is 10.2. The molecule has 0 bridgehead atoms. The van der Waals surface area contributed by atoms with E-state index in [-0.39, 0.29) is 13.2 Å². The molecule has 0 unspecified atom stereocenters. The predicted molar refractivity (Wildman–Crippen MR) is 101 cm³/mol. The molecule has 0 spiro atoms. The minimum Gasteiger partial charge on any atom is -0.444 e. The molecule has 7 nitrogen and oxygen atoms in total. The van der Waals surface area contributed by atoms with Gasteiger partial charge >= 0.3 is 6.09 Å². The Hall–Kier alpha value is -2.64. The molecule has 0 saturated heterocycles. The molecule has 2 rings (SSSR count). The van der Waals surface area contributed by atoms with Crippen LogP contribution in [0.15, 0.2) is 42.6 Å². The van der Waals surface area contributed by atoms with Crippen molar-refractivity contribution < 1.29 is 24.5 Å². The summed E-state index contributed by atoms with van der Waals surface area (Å²) < 4.78 is 10.9. The van der Waals surface area contributed by atoms with Gasteiger partial charge in [-0.15, -0.1) is 0 Å². The number of rotatable bonds is 7. The molecule has 0 saturated carbocycles. The lowest BCUT2D eigenvalue weighted by atomic mass is 10.1. The first kappa shape index (κ1) is 20.7. The molecule has 0 aliphatic carbocycles. The summed E-state index contributed by atoms with van der Waals surface area (Å²) in [5.41, 5.74) is 0.923. The Morgan fingerprint density at radius 2 is 1.89 bits per heavy atom. The van der Waals surface area contributed by atoms with Crippen LogP contribution in [0.25, 0.3) is 0 Å². The average Bonchev–Trinajstić information content (AvgIpc) is 2.61. The fourth-order valence-corrected chi connectivity index (χ4v) is 2.36. The van der Waals surface area contributed by atoms with Gasteiger partial charge in [0, 0.05) is 11.8 Å². The predicted octanol–water partition coefficient (Wildman–Crippen LogP) is 2.79. The highest BCUT2D eigenvalue weighted by atomic mass is 16.6. The van der Waals surface area contributed by atoms with Crippen molar-refractivity contribution in [3.05, 3.63) is 53.7 Å². The van der Waals surface area contributed by atoms with Gasteiger partial charge in [0.2, 0.25) is 5.88 Å². The lowest BCUT2D eigenvalue weighted by Crippen LogP contribution is -2.42.